The minimum Gasteiger partial charge on any atom is -0.492 e. The van der Waals surface area contributed by atoms with Crippen LogP contribution in [0.4, 0.5) is 13.2 Å². The zero-order chi connectivity index (χ0) is 22.8. The summed E-state index contributed by atoms with van der Waals surface area (Å²) in [6.45, 7) is 0. The van der Waals surface area contributed by atoms with Gasteiger partial charge < -0.3 is 25.1 Å². The number of oxazole rings is 1. The largest absolute Gasteiger partial charge is 0.492 e. The zero-order valence-corrected chi connectivity index (χ0v) is 15.8. The Morgan fingerprint density at radius 3 is 2.35 bits per heavy atom. The second-order valence-corrected chi connectivity index (χ2v) is 6.67. The van der Waals surface area contributed by atoms with Gasteiger partial charge in [0.25, 0.3) is 0 Å². The predicted molar refractivity (Wildman–Crippen MR) is 101 cm³/mol. The summed E-state index contributed by atoms with van der Waals surface area (Å²) in [6, 6.07) is 8.28. The summed E-state index contributed by atoms with van der Waals surface area (Å²) in [5.74, 6) is -2.94. The smallest absolute Gasteiger partial charge is 0.419 e. The van der Waals surface area contributed by atoms with E-state index in [0.29, 0.717) is 5.56 Å². The molecule has 1 heterocycles. The number of carboxylic acid groups (broad SMARTS) is 1. The molecule has 1 atom stereocenters. The van der Waals surface area contributed by atoms with Crippen LogP contribution in [-0.4, -0.2) is 27.2 Å². The minimum atomic E-state index is -4.72. The fourth-order valence-corrected chi connectivity index (χ4v) is 2.85. The van der Waals surface area contributed by atoms with Crippen LogP contribution in [0.15, 0.2) is 51.7 Å². The lowest BCUT2D eigenvalue weighted by Gasteiger charge is -2.15. The van der Waals surface area contributed by atoms with Gasteiger partial charge in [0.15, 0.2) is 5.76 Å². The van der Waals surface area contributed by atoms with E-state index in [1.165, 1.54) is 18.2 Å². The highest BCUT2D eigenvalue weighted by Gasteiger charge is 2.34. The Morgan fingerprint density at radius 1 is 1.16 bits per heavy atom. The van der Waals surface area contributed by atoms with Gasteiger partial charge in [0.1, 0.15) is 17.5 Å². The molecule has 2 aromatic carbocycles. The van der Waals surface area contributed by atoms with Crippen LogP contribution in [0.2, 0.25) is 0 Å². The van der Waals surface area contributed by atoms with E-state index in [1.54, 1.807) is 12.1 Å². The second-order valence-electron chi connectivity index (χ2n) is 6.67. The van der Waals surface area contributed by atoms with Crippen molar-refractivity contribution in [2.24, 2.45) is 5.73 Å². The summed E-state index contributed by atoms with van der Waals surface area (Å²) in [4.78, 5) is 23.8. The molecular formula is C20H17F3N2O6. The van der Waals surface area contributed by atoms with Crippen LogP contribution in [0.1, 0.15) is 22.5 Å². The molecule has 3 aromatic rings. The van der Waals surface area contributed by atoms with Crippen LogP contribution in [0.25, 0.3) is 0 Å². The Morgan fingerprint density at radius 2 is 1.81 bits per heavy atom. The number of hydrogen-bond donors (Lipinski definition) is 4. The van der Waals surface area contributed by atoms with E-state index in [4.69, 9.17) is 15.6 Å². The van der Waals surface area contributed by atoms with Gasteiger partial charge in [-0.1, -0.05) is 18.2 Å². The van der Waals surface area contributed by atoms with Crippen molar-refractivity contribution in [2.45, 2.75) is 25.1 Å². The molecule has 3 rings (SSSR count). The number of aromatic nitrogens is 1. The predicted octanol–water partition coefficient (Wildman–Crippen LogP) is 3.03. The fraction of sp³-hybridized carbons (Fsp3) is 0.200. The number of carbonyl (C=O) groups is 1. The Bertz CT molecular complexity index is 1140. The summed E-state index contributed by atoms with van der Waals surface area (Å²) in [5.41, 5.74) is 4.85. The highest BCUT2D eigenvalue weighted by atomic mass is 19.4. The third-order valence-corrected chi connectivity index (χ3v) is 4.37. The van der Waals surface area contributed by atoms with E-state index in [2.05, 4.69) is 4.42 Å². The molecule has 0 aliphatic rings. The van der Waals surface area contributed by atoms with Crippen molar-refractivity contribution >= 4 is 5.97 Å². The van der Waals surface area contributed by atoms with Gasteiger partial charge in [-0.2, -0.15) is 13.2 Å². The summed E-state index contributed by atoms with van der Waals surface area (Å²) >= 11 is 0. The normalized spacial score (nSPS) is 12.5. The van der Waals surface area contributed by atoms with Crippen LogP contribution in [0, 0.1) is 0 Å². The SMILES string of the molecule is NC(Cc1ccc(Oc2ccc(Cc3oc(=O)[nH]c3O)c(C(F)(F)F)c2)cc1)C(=O)O. The first kappa shape index (κ1) is 22.0. The molecule has 0 radical (unpaired) electrons. The van der Waals surface area contributed by atoms with Gasteiger partial charge >= 0.3 is 17.9 Å². The van der Waals surface area contributed by atoms with Gasteiger partial charge in [-0.05, 0) is 41.8 Å². The number of H-pyrrole nitrogens is 1. The first-order valence-corrected chi connectivity index (χ1v) is 8.89. The van der Waals surface area contributed by atoms with E-state index in [-0.39, 0.29) is 29.2 Å². The molecule has 11 heteroatoms. The van der Waals surface area contributed by atoms with E-state index >= 15 is 0 Å². The third-order valence-electron chi connectivity index (χ3n) is 4.37. The standard InChI is InChI=1S/C20H17F3N2O6/c21-20(22,23)14-9-13(6-3-11(14)8-16-17(26)25-19(29)31-16)30-12-4-1-10(2-5-12)7-15(24)18(27)28/h1-6,9,15,26H,7-8,24H2,(H,25,29)(H,27,28). The number of aromatic hydroxyl groups is 1. The molecule has 0 amide bonds. The average molecular weight is 438 g/mol. The molecule has 31 heavy (non-hydrogen) atoms. The molecule has 0 saturated carbocycles. The van der Waals surface area contributed by atoms with Gasteiger partial charge in [-0.25, -0.2) is 4.79 Å². The molecular weight excluding hydrogens is 421 g/mol. The van der Waals surface area contributed by atoms with Gasteiger partial charge in [0, 0.05) is 6.42 Å². The topological polar surface area (TPSA) is 139 Å². The van der Waals surface area contributed by atoms with Crippen LogP contribution in [0.5, 0.6) is 17.4 Å². The number of halogens is 3. The molecule has 1 unspecified atom stereocenters. The molecule has 8 nitrogen and oxygen atoms in total. The maximum absolute atomic E-state index is 13.5. The van der Waals surface area contributed by atoms with Crippen molar-refractivity contribution in [2.75, 3.05) is 0 Å². The summed E-state index contributed by atoms with van der Waals surface area (Å²) in [7, 11) is 0. The average Bonchev–Trinajstić information content (AvgIpc) is 3.00. The van der Waals surface area contributed by atoms with Crippen molar-refractivity contribution in [3.63, 3.8) is 0 Å². The van der Waals surface area contributed by atoms with Crippen molar-refractivity contribution in [1.29, 1.82) is 0 Å². The zero-order valence-electron chi connectivity index (χ0n) is 15.8. The molecule has 0 spiro atoms. The molecule has 164 valence electrons. The summed E-state index contributed by atoms with van der Waals surface area (Å²) in [6.07, 6.45) is -5.10. The maximum atomic E-state index is 13.5. The van der Waals surface area contributed by atoms with Crippen molar-refractivity contribution in [1.82, 2.24) is 4.98 Å². The van der Waals surface area contributed by atoms with Gasteiger partial charge in [-0.15, -0.1) is 0 Å². The first-order chi connectivity index (χ1) is 14.5. The second kappa shape index (κ2) is 8.56. The Kier molecular flexibility index (Phi) is 6.07. The quantitative estimate of drug-likeness (QED) is 0.445. The molecule has 1 aromatic heterocycles. The molecule has 0 aliphatic heterocycles. The number of carboxylic acids is 1. The number of aliphatic carboxylic acids is 1. The van der Waals surface area contributed by atoms with Crippen LogP contribution in [0.3, 0.4) is 0 Å². The molecule has 0 aliphatic carbocycles. The molecule has 0 saturated heterocycles. The van der Waals surface area contributed by atoms with E-state index in [9.17, 15) is 27.9 Å². The highest BCUT2D eigenvalue weighted by molar-refractivity contribution is 5.73. The Hall–Kier alpha value is -3.73. The summed E-state index contributed by atoms with van der Waals surface area (Å²) in [5, 5.41) is 18.4. The minimum absolute atomic E-state index is 0.0880. The number of nitrogens with one attached hydrogen (secondary N) is 1. The van der Waals surface area contributed by atoms with Gasteiger partial charge in [0.2, 0.25) is 5.88 Å². The van der Waals surface area contributed by atoms with E-state index < -0.39 is 41.8 Å². The number of rotatable bonds is 7. The van der Waals surface area contributed by atoms with Crippen LogP contribution < -0.4 is 16.2 Å². The fourth-order valence-electron chi connectivity index (χ4n) is 2.85. The first-order valence-electron chi connectivity index (χ1n) is 8.89. The lowest BCUT2D eigenvalue weighted by molar-refractivity contribution is -0.139. The van der Waals surface area contributed by atoms with Crippen LogP contribution >= 0.6 is 0 Å². The lowest BCUT2D eigenvalue weighted by Crippen LogP contribution is -2.32. The Balaban J connectivity index is 1.81. The van der Waals surface area contributed by atoms with Crippen LogP contribution in [-0.2, 0) is 23.8 Å². The number of alkyl halides is 3. The maximum Gasteiger partial charge on any atom is 0.419 e. The number of aromatic amines is 1. The van der Waals surface area contributed by atoms with Crippen molar-refractivity contribution < 1.29 is 37.3 Å². The lowest BCUT2D eigenvalue weighted by atomic mass is 10.0. The number of hydrogen-bond acceptors (Lipinski definition) is 6. The van der Waals surface area contributed by atoms with Crippen molar-refractivity contribution in [3.8, 4) is 17.4 Å². The van der Waals surface area contributed by atoms with Crippen molar-refractivity contribution in [3.05, 3.63) is 75.5 Å². The highest BCUT2D eigenvalue weighted by Crippen LogP contribution is 2.37. The number of ether oxygens (including phenoxy) is 1. The van der Waals surface area contributed by atoms with E-state index in [0.717, 1.165) is 12.1 Å². The monoisotopic (exact) mass is 438 g/mol. The Labute approximate surface area is 172 Å². The molecule has 5 N–H and O–H groups in total. The molecule has 0 fully saturated rings. The third kappa shape index (κ3) is 5.45. The van der Waals surface area contributed by atoms with E-state index in [1.807, 2.05) is 4.98 Å². The summed E-state index contributed by atoms with van der Waals surface area (Å²) < 4.78 is 50.7. The number of nitrogens with two attached hydrogens (primary N) is 1. The van der Waals surface area contributed by atoms with Gasteiger partial charge in [-0.3, -0.25) is 9.78 Å². The molecule has 0 bridgehead atoms. The number of benzene rings is 2. The van der Waals surface area contributed by atoms with Gasteiger partial charge in [0.05, 0.1) is 5.56 Å².